The second-order valence-corrected chi connectivity index (χ2v) is 15.8. The molecule has 4 nitrogen and oxygen atoms in total. The molecule has 31 heavy (non-hydrogen) atoms. The third-order valence-corrected chi connectivity index (χ3v) is 9.95. The fourth-order valence-electron chi connectivity index (χ4n) is 3.61. The number of halogens is 5. The number of carbonyl (C=O) groups excluding carboxylic acids is 1. The van der Waals surface area contributed by atoms with Gasteiger partial charge in [0.1, 0.15) is 14.0 Å². The highest BCUT2D eigenvalue weighted by molar-refractivity contribution is 9.40. The number of hydrogen-bond acceptors (Lipinski definition) is 4. The van der Waals surface area contributed by atoms with E-state index in [1.165, 1.54) is 18.2 Å². The van der Waals surface area contributed by atoms with Gasteiger partial charge < -0.3 is 9.47 Å². The molecule has 0 amide bonds. The Labute approximate surface area is 214 Å². The molecule has 9 heteroatoms. The first-order chi connectivity index (χ1) is 14.5. The molecule has 0 N–H and O–H groups in total. The van der Waals surface area contributed by atoms with E-state index in [-0.39, 0.29) is 21.9 Å². The molecule has 1 fully saturated rings. The first-order valence-electron chi connectivity index (χ1n) is 9.30. The summed E-state index contributed by atoms with van der Waals surface area (Å²) in [6.45, 7) is 3.95. The number of alkyl halides is 4. The van der Waals surface area contributed by atoms with Crippen LogP contribution in [0.25, 0.3) is 0 Å². The van der Waals surface area contributed by atoms with Crippen molar-refractivity contribution >= 4 is 69.7 Å². The van der Waals surface area contributed by atoms with Crippen molar-refractivity contribution < 1.29 is 18.7 Å². The summed E-state index contributed by atoms with van der Waals surface area (Å²) in [6, 6.07) is 14.7. The largest absolute Gasteiger partial charge is 0.454 e. The zero-order valence-electron chi connectivity index (χ0n) is 16.5. The minimum Gasteiger partial charge on any atom is -0.454 e. The number of benzene rings is 2. The van der Waals surface area contributed by atoms with Crippen molar-refractivity contribution in [1.29, 1.82) is 5.26 Å². The number of ether oxygens (including phenoxy) is 2. The molecular formula is C22H18Br4FNO3. The average molecular weight is 683 g/mol. The lowest BCUT2D eigenvalue weighted by molar-refractivity contribution is -0.149. The quantitative estimate of drug-likeness (QED) is 0.233. The van der Waals surface area contributed by atoms with E-state index in [2.05, 4.69) is 63.7 Å². The minimum absolute atomic E-state index is 0.0392. The molecule has 0 radical (unpaired) electrons. The Balaban J connectivity index is 1.77. The van der Waals surface area contributed by atoms with E-state index in [1.54, 1.807) is 24.3 Å². The summed E-state index contributed by atoms with van der Waals surface area (Å²) in [5.74, 6) is -1.09. The lowest BCUT2D eigenvalue weighted by atomic mass is 10.1. The molecule has 0 bridgehead atoms. The standard InChI is InChI=1S/C22H18Br4FNO3/c1-21(2)17(19(23)22(24,25)26)18(21)20(29)31-16(11-28)12-8-9-14(27)15(10-12)30-13-6-4-3-5-7-13/h3-10,16-19H,1-2H3/t16-,17-,18+,19-/m1/s1. The summed E-state index contributed by atoms with van der Waals surface area (Å²) in [6.07, 6.45) is -1.18. The van der Waals surface area contributed by atoms with Crippen LogP contribution >= 0.6 is 63.7 Å². The van der Waals surface area contributed by atoms with Crippen molar-refractivity contribution in [3.05, 3.63) is 59.9 Å². The van der Waals surface area contributed by atoms with Crippen molar-refractivity contribution in [3.8, 4) is 17.6 Å². The van der Waals surface area contributed by atoms with Gasteiger partial charge in [0.25, 0.3) is 0 Å². The zero-order chi connectivity index (χ0) is 23.0. The lowest BCUT2D eigenvalue weighted by Crippen LogP contribution is -2.23. The molecule has 0 heterocycles. The van der Waals surface area contributed by atoms with Crippen LogP contribution in [0.4, 0.5) is 4.39 Å². The molecule has 2 aromatic rings. The van der Waals surface area contributed by atoms with Gasteiger partial charge in [0.15, 0.2) is 11.6 Å². The number of rotatable bonds is 6. The number of esters is 1. The molecule has 164 valence electrons. The highest BCUT2D eigenvalue weighted by atomic mass is 80.0. The second kappa shape index (κ2) is 9.50. The maximum atomic E-state index is 14.2. The highest BCUT2D eigenvalue weighted by Gasteiger charge is 2.67. The van der Waals surface area contributed by atoms with Crippen LogP contribution in [-0.2, 0) is 9.53 Å². The Hall–Kier alpha value is -0.950. The maximum Gasteiger partial charge on any atom is 0.311 e. The van der Waals surface area contributed by atoms with Gasteiger partial charge >= 0.3 is 5.97 Å². The maximum absolute atomic E-state index is 14.2. The first-order valence-corrected chi connectivity index (χ1v) is 12.6. The summed E-state index contributed by atoms with van der Waals surface area (Å²) in [5.41, 5.74) is 0.0142. The van der Waals surface area contributed by atoms with Crippen molar-refractivity contribution in [1.82, 2.24) is 0 Å². The Morgan fingerprint density at radius 1 is 1.19 bits per heavy atom. The van der Waals surface area contributed by atoms with Gasteiger partial charge in [-0.1, -0.05) is 102 Å². The molecule has 1 aliphatic rings. The number of nitriles is 1. The lowest BCUT2D eigenvalue weighted by Gasteiger charge is -2.21. The summed E-state index contributed by atoms with van der Waals surface area (Å²) >= 11 is 14.1. The summed E-state index contributed by atoms with van der Waals surface area (Å²) in [5, 5.41) is 9.62. The van der Waals surface area contributed by atoms with Crippen LogP contribution in [0.1, 0.15) is 25.5 Å². The molecule has 4 atom stereocenters. The number of hydrogen-bond donors (Lipinski definition) is 0. The van der Waals surface area contributed by atoms with Gasteiger partial charge in [0, 0.05) is 5.56 Å². The van der Waals surface area contributed by atoms with Gasteiger partial charge in [-0.15, -0.1) is 0 Å². The monoisotopic (exact) mass is 679 g/mol. The van der Waals surface area contributed by atoms with Crippen LogP contribution in [0.2, 0.25) is 0 Å². The number of carbonyl (C=O) groups is 1. The van der Waals surface area contributed by atoms with Crippen molar-refractivity contribution in [2.24, 2.45) is 17.3 Å². The molecule has 0 spiro atoms. The highest BCUT2D eigenvalue weighted by Crippen LogP contribution is 2.66. The van der Waals surface area contributed by atoms with Gasteiger partial charge in [0.05, 0.1) is 10.7 Å². The van der Waals surface area contributed by atoms with E-state index in [0.29, 0.717) is 11.3 Å². The number of para-hydroxylation sites is 1. The smallest absolute Gasteiger partial charge is 0.311 e. The third-order valence-electron chi connectivity index (χ3n) is 5.37. The van der Waals surface area contributed by atoms with E-state index >= 15 is 0 Å². The summed E-state index contributed by atoms with van der Waals surface area (Å²) in [7, 11) is 0. The van der Waals surface area contributed by atoms with E-state index in [0.717, 1.165) is 0 Å². The van der Waals surface area contributed by atoms with Crippen LogP contribution in [0.3, 0.4) is 0 Å². The molecule has 0 aromatic heterocycles. The Bertz CT molecular complexity index is 1000. The fourth-order valence-corrected chi connectivity index (χ4v) is 5.45. The van der Waals surface area contributed by atoms with Crippen LogP contribution in [-0.4, -0.2) is 12.9 Å². The topological polar surface area (TPSA) is 59.3 Å². The molecule has 2 aromatic carbocycles. The Morgan fingerprint density at radius 2 is 1.84 bits per heavy atom. The molecule has 0 saturated heterocycles. The fraction of sp³-hybridized carbons (Fsp3) is 0.364. The van der Waals surface area contributed by atoms with Gasteiger partial charge in [0.2, 0.25) is 6.10 Å². The predicted molar refractivity (Wildman–Crippen MR) is 130 cm³/mol. The van der Waals surface area contributed by atoms with Crippen LogP contribution < -0.4 is 4.74 Å². The molecule has 1 saturated carbocycles. The summed E-state index contributed by atoms with van der Waals surface area (Å²) in [4.78, 5) is 12.8. The van der Waals surface area contributed by atoms with Gasteiger partial charge in [-0.05, 0) is 35.6 Å². The SMILES string of the molecule is CC1(C)[C@@H]([C@@H](Br)C(Br)(Br)Br)[C@H]1C(=O)O[C@H](C#N)c1ccc(F)c(Oc2ccccc2)c1. The van der Waals surface area contributed by atoms with E-state index < -0.39 is 26.0 Å². The average Bonchev–Trinajstić information content (AvgIpc) is 3.29. The van der Waals surface area contributed by atoms with Crippen LogP contribution in [0.15, 0.2) is 48.5 Å². The molecular weight excluding hydrogens is 665 g/mol. The second-order valence-electron chi connectivity index (χ2n) is 7.82. The van der Waals surface area contributed by atoms with Gasteiger partial charge in [-0.3, -0.25) is 4.79 Å². The van der Waals surface area contributed by atoms with Crippen LogP contribution in [0.5, 0.6) is 11.5 Å². The van der Waals surface area contributed by atoms with E-state index in [4.69, 9.17) is 9.47 Å². The van der Waals surface area contributed by atoms with Crippen molar-refractivity contribution in [2.45, 2.75) is 26.9 Å². The van der Waals surface area contributed by atoms with Crippen LogP contribution in [0, 0.1) is 34.4 Å². The molecule has 0 aliphatic heterocycles. The van der Waals surface area contributed by atoms with E-state index in [1.807, 2.05) is 26.0 Å². The molecule has 0 unspecified atom stereocenters. The third kappa shape index (κ3) is 5.52. The number of nitrogens with zero attached hydrogens (tertiary/aromatic N) is 1. The van der Waals surface area contributed by atoms with Crippen molar-refractivity contribution in [2.75, 3.05) is 0 Å². The van der Waals surface area contributed by atoms with Crippen molar-refractivity contribution in [3.63, 3.8) is 0 Å². The minimum atomic E-state index is -1.18. The Morgan fingerprint density at radius 3 is 2.42 bits per heavy atom. The predicted octanol–water partition coefficient (Wildman–Crippen LogP) is 7.60. The van der Waals surface area contributed by atoms with E-state index in [9.17, 15) is 14.4 Å². The molecule has 3 rings (SSSR count). The first kappa shape index (κ1) is 24.7. The zero-order valence-corrected chi connectivity index (χ0v) is 22.8. The molecule has 1 aliphatic carbocycles. The summed E-state index contributed by atoms with van der Waals surface area (Å²) < 4.78 is 24.8. The van der Waals surface area contributed by atoms with Gasteiger partial charge in [-0.2, -0.15) is 5.26 Å². The normalized spacial score (nSPS) is 21.5. The Kier molecular flexibility index (Phi) is 7.57. The van der Waals surface area contributed by atoms with Gasteiger partial charge in [-0.25, -0.2) is 4.39 Å².